The van der Waals surface area contributed by atoms with E-state index in [4.69, 9.17) is 11.6 Å². The summed E-state index contributed by atoms with van der Waals surface area (Å²) >= 11 is 5.65. The van der Waals surface area contributed by atoms with Crippen LogP contribution < -0.4 is 0 Å². The lowest BCUT2D eigenvalue weighted by molar-refractivity contribution is -0.346. The third kappa shape index (κ3) is 6.37. The normalized spacial score (nSPS) is 44.4. The Morgan fingerprint density at radius 2 is 1.12 bits per heavy atom. The van der Waals surface area contributed by atoms with Gasteiger partial charge in [-0.3, -0.25) is 4.74 Å². The number of halogens is 10. The largest absolute Gasteiger partial charge is 0.522 e. The molecule has 2 nitrogen and oxygen atoms in total. The van der Waals surface area contributed by atoms with E-state index in [1.807, 2.05) is 0 Å². The highest BCUT2D eigenvalue weighted by atomic mass is 35.5. The van der Waals surface area contributed by atoms with Gasteiger partial charge in [0.1, 0.15) is 30.6 Å². The molecule has 0 aliphatic heterocycles. The van der Waals surface area contributed by atoms with Gasteiger partial charge in [-0.15, -0.1) is 24.8 Å². The van der Waals surface area contributed by atoms with E-state index in [1.54, 1.807) is 0 Å². The number of rotatable bonds is 5. The van der Waals surface area contributed by atoms with Gasteiger partial charge >= 0.3 is 12.5 Å². The predicted molar refractivity (Wildman–Crippen MR) is 97.4 cm³/mol. The maximum atomic E-state index is 14.8. The molecule has 0 saturated heterocycles. The summed E-state index contributed by atoms with van der Waals surface area (Å²) < 4.78 is 132. The van der Waals surface area contributed by atoms with Gasteiger partial charge in [-0.2, -0.15) is 8.78 Å². The second-order valence-corrected chi connectivity index (χ2v) is 9.73. The van der Waals surface area contributed by atoms with Gasteiger partial charge in [0, 0.05) is 24.1 Å². The summed E-state index contributed by atoms with van der Waals surface area (Å²) in [5.41, 5.74) is 0. The molecule has 0 bridgehead atoms. The fourth-order valence-electron chi connectivity index (χ4n) is 5.43. The lowest BCUT2D eigenvalue weighted by Gasteiger charge is -2.43. The molecule has 0 heterocycles. The molecule has 3 aliphatic rings. The summed E-state index contributed by atoms with van der Waals surface area (Å²) in [6, 6.07) is 0. The van der Waals surface area contributed by atoms with Gasteiger partial charge in [-0.05, 0) is 44.4 Å². The van der Waals surface area contributed by atoms with Crippen LogP contribution in [0.2, 0.25) is 0 Å². The summed E-state index contributed by atoms with van der Waals surface area (Å²) in [5, 5.41) is -0.926. The molecule has 0 N–H and O–H groups in total. The van der Waals surface area contributed by atoms with E-state index in [-0.39, 0.29) is 25.7 Å². The van der Waals surface area contributed by atoms with Crippen LogP contribution in [0.15, 0.2) is 0 Å². The second kappa shape index (κ2) is 10.1. The highest BCUT2D eigenvalue weighted by molar-refractivity contribution is 6.20. The Kier molecular flexibility index (Phi) is 8.23. The standard InChI is InChI=1S/C20H26ClF9O2/c21-10-5-15(24)18(16(25)6-10)19(26,27)31-12-7-13(22)17(14(23)8-12)9-1-3-11(4-2-9)32-20(28,29)30/h9-18H,1-8H2. The topological polar surface area (TPSA) is 18.5 Å². The summed E-state index contributed by atoms with van der Waals surface area (Å²) in [6.07, 6.45) is -21.9. The van der Waals surface area contributed by atoms with Crippen molar-refractivity contribution in [3.05, 3.63) is 0 Å². The van der Waals surface area contributed by atoms with Crippen molar-refractivity contribution < 1.29 is 49.0 Å². The number of alkyl halides is 10. The molecule has 0 aromatic carbocycles. The van der Waals surface area contributed by atoms with E-state index >= 15 is 0 Å². The van der Waals surface area contributed by atoms with Crippen LogP contribution in [-0.2, 0) is 9.47 Å². The molecule has 0 aromatic heterocycles. The van der Waals surface area contributed by atoms with Gasteiger partial charge in [0.25, 0.3) is 0 Å². The Balaban J connectivity index is 1.56. The Bertz CT molecular complexity index is 590. The zero-order valence-corrected chi connectivity index (χ0v) is 17.8. The molecule has 0 aromatic rings. The first-order chi connectivity index (χ1) is 14.8. The summed E-state index contributed by atoms with van der Waals surface area (Å²) in [5.74, 6) is -4.13. The van der Waals surface area contributed by atoms with E-state index < -0.39 is 98.2 Å². The molecule has 0 spiro atoms. The van der Waals surface area contributed by atoms with E-state index in [0.717, 1.165) is 0 Å². The molecule has 3 rings (SSSR count). The van der Waals surface area contributed by atoms with Gasteiger partial charge in [-0.25, -0.2) is 17.6 Å². The van der Waals surface area contributed by atoms with Crippen LogP contribution in [0.4, 0.5) is 39.5 Å². The van der Waals surface area contributed by atoms with Crippen LogP contribution in [0.1, 0.15) is 51.4 Å². The maximum Gasteiger partial charge on any atom is 0.522 e. The first-order valence-corrected chi connectivity index (χ1v) is 11.2. The maximum absolute atomic E-state index is 14.8. The molecule has 4 atom stereocenters. The molecular weight excluding hydrogens is 479 g/mol. The van der Waals surface area contributed by atoms with Crippen molar-refractivity contribution >= 4 is 11.6 Å². The Morgan fingerprint density at radius 1 is 0.625 bits per heavy atom. The number of hydrogen-bond donors (Lipinski definition) is 0. The Hall–Kier alpha value is -0.420. The lowest BCUT2D eigenvalue weighted by Crippen LogP contribution is -2.52. The van der Waals surface area contributed by atoms with Crippen LogP contribution in [-0.4, -0.2) is 54.7 Å². The molecule has 0 radical (unpaired) electrons. The first kappa shape index (κ1) is 26.2. The molecule has 0 amide bonds. The van der Waals surface area contributed by atoms with E-state index in [2.05, 4.69) is 9.47 Å². The average Bonchev–Trinajstić information content (AvgIpc) is 2.59. The zero-order chi connectivity index (χ0) is 23.8. The van der Waals surface area contributed by atoms with Crippen molar-refractivity contribution in [3.63, 3.8) is 0 Å². The second-order valence-electron chi connectivity index (χ2n) is 9.11. The molecule has 32 heavy (non-hydrogen) atoms. The highest BCUT2D eigenvalue weighted by Gasteiger charge is 2.56. The van der Waals surface area contributed by atoms with Gasteiger partial charge in [0.15, 0.2) is 0 Å². The lowest BCUT2D eigenvalue weighted by atomic mass is 9.70. The SMILES string of the molecule is FC1CC(OC(F)(F)C2C(F)CC(Cl)CC2F)CC(F)C1C1CCC(OC(F)(F)F)CC1. The van der Waals surface area contributed by atoms with Crippen molar-refractivity contribution in [2.45, 2.75) is 106 Å². The quantitative estimate of drug-likeness (QED) is 0.301. The molecule has 188 valence electrons. The third-order valence-electron chi connectivity index (χ3n) is 6.83. The van der Waals surface area contributed by atoms with Gasteiger partial charge < -0.3 is 4.74 Å². The number of hydrogen-bond acceptors (Lipinski definition) is 2. The van der Waals surface area contributed by atoms with E-state index in [1.165, 1.54) is 0 Å². The zero-order valence-electron chi connectivity index (χ0n) is 17.0. The summed E-state index contributed by atoms with van der Waals surface area (Å²) in [6.45, 7) is 0. The van der Waals surface area contributed by atoms with Crippen molar-refractivity contribution in [1.29, 1.82) is 0 Å². The van der Waals surface area contributed by atoms with Gasteiger partial charge in [0.05, 0.1) is 12.2 Å². The van der Waals surface area contributed by atoms with Gasteiger partial charge in [-0.1, -0.05) is 0 Å². The highest BCUT2D eigenvalue weighted by Crippen LogP contribution is 2.47. The van der Waals surface area contributed by atoms with Crippen molar-refractivity contribution in [3.8, 4) is 0 Å². The van der Waals surface area contributed by atoms with Crippen molar-refractivity contribution in [1.82, 2.24) is 0 Å². The number of ether oxygens (including phenoxy) is 2. The molecule has 12 heteroatoms. The van der Waals surface area contributed by atoms with Crippen molar-refractivity contribution in [2.24, 2.45) is 17.8 Å². The Labute approximate surface area is 185 Å². The fourth-order valence-corrected chi connectivity index (χ4v) is 5.77. The average molecular weight is 505 g/mol. The molecular formula is C20H26ClF9O2. The van der Waals surface area contributed by atoms with Crippen LogP contribution >= 0.6 is 11.6 Å². The fraction of sp³-hybridized carbons (Fsp3) is 1.00. The van der Waals surface area contributed by atoms with E-state index in [9.17, 15) is 39.5 Å². The van der Waals surface area contributed by atoms with Crippen molar-refractivity contribution in [2.75, 3.05) is 0 Å². The minimum Gasteiger partial charge on any atom is -0.317 e. The van der Waals surface area contributed by atoms with Crippen LogP contribution in [0.25, 0.3) is 0 Å². The van der Waals surface area contributed by atoms with Gasteiger partial charge in [0.2, 0.25) is 0 Å². The summed E-state index contributed by atoms with van der Waals surface area (Å²) in [4.78, 5) is 0. The van der Waals surface area contributed by atoms with Crippen LogP contribution in [0.3, 0.4) is 0 Å². The summed E-state index contributed by atoms with van der Waals surface area (Å²) in [7, 11) is 0. The minimum atomic E-state index is -4.79. The minimum absolute atomic E-state index is 0.0167. The molecule has 3 aliphatic carbocycles. The monoisotopic (exact) mass is 504 g/mol. The molecule has 3 fully saturated rings. The van der Waals surface area contributed by atoms with Crippen LogP contribution in [0.5, 0.6) is 0 Å². The smallest absolute Gasteiger partial charge is 0.317 e. The van der Waals surface area contributed by atoms with E-state index in [0.29, 0.717) is 0 Å². The first-order valence-electron chi connectivity index (χ1n) is 10.8. The third-order valence-corrected chi connectivity index (χ3v) is 7.18. The predicted octanol–water partition coefficient (Wildman–Crippen LogP) is 6.84. The Morgan fingerprint density at radius 3 is 1.59 bits per heavy atom. The van der Waals surface area contributed by atoms with Crippen LogP contribution in [0, 0.1) is 17.8 Å². The molecule has 3 saturated carbocycles. The molecule has 4 unspecified atom stereocenters.